The first kappa shape index (κ1) is 20.4. The van der Waals surface area contributed by atoms with Crippen molar-refractivity contribution in [1.82, 2.24) is 0 Å². The topological polar surface area (TPSA) is 64.6 Å². The lowest BCUT2D eigenvalue weighted by Crippen LogP contribution is -2.27. The fourth-order valence-corrected chi connectivity index (χ4v) is 2.46. The van der Waals surface area contributed by atoms with Crippen molar-refractivity contribution in [3.63, 3.8) is 0 Å². The molecule has 0 spiro atoms. The Balaban J connectivity index is 2.26. The molecule has 0 radical (unpaired) electrons. The summed E-state index contributed by atoms with van der Waals surface area (Å²) in [5, 5.41) is 2.67. The number of hydrogen-bond donors (Lipinski definition) is 1. The smallest absolute Gasteiger partial charge is 0.412 e. The molecule has 0 aliphatic carbocycles. The van der Waals surface area contributed by atoms with E-state index in [4.69, 9.17) is 9.47 Å². The van der Waals surface area contributed by atoms with Gasteiger partial charge >= 0.3 is 6.09 Å². The van der Waals surface area contributed by atoms with E-state index < -0.39 is 11.7 Å². The number of nitrogens with one attached hydrogen (secondary N) is 1. The Kier molecular flexibility index (Phi) is 6.20. The summed E-state index contributed by atoms with van der Waals surface area (Å²) in [5.41, 5.74) is 1.20. The van der Waals surface area contributed by atoms with Crippen LogP contribution in [-0.4, -0.2) is 24.6 Å². The van der Waals surface area contributed by atoms with Crippen molar-refractivity contribution in [3.8, 4) is 5.75 Å². The number of carbonyl (C=O) groups excluding carboxylic acids is 2. The van der Waals surface area contributed by atoms with Crippen molar-refractivity contribution in [2.45, 2.75) is 39.7 Å². The summed E-state index contributed by atoms with van der Waals surface area (Å²) in [4.78, 5) is 24.7. The number of anilines is 1. The minimum atomic E-state index is -0.648. The zero-order chi connectivity index (χ0) is 20.2. The van der Waals surface area contributed by atoms with Crippen LogP contribution in [-0.2, 0) is 11.2 Å². The SMILES string of the molecule is COc1ccc(CC(=O)c2ccc(F)c(C)c2)c(NC(=O)OC(C)(C)C)c1. The standard InChI is InChI=1S/C21H24FNO4/c1-13-10-15(7-9-17(13)22)19(24)11-14-6-8-16(26-5)12-18(14)23-20(25)27-21(2,3)4/h6-10,12H,11H2,1-5H3,(H,23,25). The Morgan fingerprint density at radius 3 is 2.41 bits per heavy atom. The first-order valence-electron chi connectivity index (χ1n) is 8.55. The van der Waals surface area contributed by atoms with Gasteiger partial charge in [-0.1, -0.05) is 6.07 Å². The fourth-order valence-electron chi connectivity index (χ4n) is 2.46. The van der Waals surface area contributed by atoms with Gasteiger partial charge in [-0.3, -0.25) is 10.1 Å². The molecule has 0 aliphatic rings. The van der Waals surface area contributed by atoms with Crippen molar-refractivity contribution >= 4 is 17.6 Å². The Morgan fingerprint density at radius 1 is 1.11 bits per heavy atom. The third-order valence-electron chi connectivity index (χ3n) is 3.78. The molecular weight excluding hydrogens is 349 g/mol. The highest BCUT2D eigenvalue weighted by Gasteiger charge is 2.19. The lowest BCUT2D eigenvalue weighted by Gasteiger charge is -2.20. The molecule has 0 heterocycles. The van der Waals surface area contributed by atoms with E-state index in [1.54, 1.807) is 45.9 Å². The molecular formula is C21H24FNO4. The number of rotatable bonds is 5. The highest BCUT2D eigenvalue weighted by Crippen LogP contribution is 2.25. The molecule has 0 unspecified atom stereocenters. The van der Waals surface area contributed by atoms with Crippen molar-refractivity contribution in [3.05, 3.63) is 58.9 Å². The normalized spacial score (nSPS) is 11.0. The molecule has 144 valence electrons. The Labute approximate surface area is 158 Å². The van der Waals surface area contributed by atoms with Crippen LogP contribution in [0.5, 0.6) is 5.75 Å². The predicted octanol–water partition coefficient (Wildman–Crippen LogP) is 4.92. The molecule has 0 aliphatic heterocycles. The molecule has 1 N–H and O–H groups in total. The van der Waals surface area contributed by atoms with E-state index in [1.807, 2.05) is 0 Å². The molecule has 0 saturated carbocycles. The second-order valence-corrected chi connectivity index (χ2v) is 7.21. The summed E-state index contributed by atoms with van der Waals surface area (Å²) in [6.45, 7) is 6.90. The maximum atomic E-state index is 13.4. The van der Waals surface area contributed by atoms with Gasteiger partial charge in [0.1, 0.15) is 17.2 Å². The monoisotopic (exact) mass is 373 g/mol. The third kappa shape index (κ3) is 5.81. The van der Waals surface area contributed by atoms with Gasteiger partial charge in [-0.25, -0.2) is 9.18 Å². The first-order valence-corrected chi connectivity index (χ1v) is 8.55. The van der Waals surface area contributed by atoms with Crippen LogP contribution in [0.3, 0.4) is 0 Å². The quantitative estimate of drug-likeness (QED) is 0.756. The minimum absolute atomic E-state index is 0.0419. The molecule has 2 aromatic rings. The molecule has 0 atom stereocenters. The summed E-state index contributed by atoms with van der Waals surface area (Å²) in [6.07, 6.45) is -0.581. The van der Waals surface area contributed by atoms with Gasteiger partial charge in [0.25, 0.3) is 0 Å². The number of hydrogen-bond acceptors (Lipinski definition) is 4. The number of benzene rings is 2. The van der Waals surface area contributed by atoms with Crippen molar-refractivity contribution in [1.29, 1.82) is 0 Å². The van der Waals surface area contributed by atoms with E-state index in [2.05, 4.69) is 5.32 Å². The molecule has 6 heteroatoms. The van der Waals surface area contributed by atoms with Crippen molar-refractivity contribution < 1.29 is 23.5 Å². The minimum Gasteiger partial charge on any atom is -0.497 e. The summed E-state index contributed by atoms with van der Waals surface area (Å²) in [6, 6.07) is 9.29. The second kappa shape index (κ2) is 8.20. The maximum Gasteiger partial charge on any atom is 0.412 e. The second-order valence-electron chi connectivity index (χ2n) is 7.21. The molecule has 0 saturated heterocycles. The fraction of sp³-hybridized carbons (Fsp3) is 0.333. The predicted molar refractivity (Wildman–Crippen MR) is 102 cm³/mol. The van der Waals surface area contributed by atoms with Crippen LogP contribution in [0.15, 0.2) is 36.4 Å². The van der Waals surface area contributed by atoms with Crippen LogP contribution in [0, 0.1) is 12.7 Å². The van der Waals surface area contributed by atoms with Gasteiger partial charge in [0.05, 0.1) is 12.8 Å². The number of ketones is 1. The first-order chi connectivity index (χ1) is 12.6. The summed E-state index contributed by atoms with van der Waals surface area (Å²) >= 11 is 0. The van der Waals surface area contributed by atoms with Crippen LogP contribution in [0.1, 0.15) is 42.3 Å². The van der Waals surface area contributed by atoms with Gasteiger partial charge < -0.3 is 9.47 Å². The number of aryl methyl sites for hydroxylation is 1. The molecule has 1 amide bonds. The molecule has 2 rings (SSSR count). The van der Waals surface area contributed by atoms with Gasteiger partial charge in [0.15, 0.2) is 5.78 Å². The zero-order valence-electron chi connectivity index (χ0n) is 16.2. The van der Waals surface area contributed by atoms with Crippen LogP contribution in [0.25, 0.3) is 0 Å². The van der Waals surface area contributed by atoms with Crippen LogP contribution >= 0.6 is 0 Å². The summed E-state index contributed by atoms with van der Waals surface area (Å²) in [7, 11) is 1.51. The number of amides is 1. The van der Waals surface area contributed by atoms with Crippen molar-refractivity contribution in [2.24, 2.45) is 0 Å². The van der Waals surface area contributed by atoms with Crippen LogP contribution in [0.2, 0.25) is 0 Å². The molecule has 2 aromatic carbocycles. The summed E-state index contributed by atoms with van der Waals surface area (Å²) in [5.74, 6) is -0.00586. The molecule has 0 fully saturated rings. The van der Waals surface area contributed by atoms with E-state index in [0.29, 0.717) is 28.1 Å². The average molecular weight is 373 g/mol. The van der Waals surface area contributed by atoms with Crippen molar-refractivity contribution in [2.75, 3.05) is 12.4 Å². The highest BCUT2D eigenvalue weighted by molar-refractivity contribution is 5.99. The molecule has 0 bridgehead atoms. The zero-order valence-corrected chi connectivity index (χ0v) is 16.2. The third-order valence-corrected chi connectivity index (χ3v) is 3.78. The Hall–Kier alpha value is -2.89. The number of halogens is 1. The van der Waals surface area contributed by atoms with E-state index in [9.17, 15) is 14.0 Å². The van der Waals surface area contributed by atoms with Crippen LogP contribution < -0.4 is 10.1 Å². The summed E-state index contributed by atoms with van der Waals surface area (Å²) < 4.78 is 23.9. The number of carbonyl (C=O) groups is 2. The number of methoxy groups -OCH3 is 1. The average Bonchev–Trinajstić information content (AvgIpc) is 2.57. The highest BCUT2D eigenvalue weighted by atomic mass is 19.1. The van der Waals surface area contributed by atoms with Gasteiger partial charge in [-0.05, 0) is 63.1 Å². The van der Waals surface area contributed by atoms with E-state index >= 15 is 0 Å². The maximum absolute atomic E-state index is 13.4. The van der Waals surface area contributed by atoms with Gasteiger partial charge in [0, 0.05) is 18.1 Å². The van der Waals surface area contributed by atoms with E-state index in [-0.39, 0.29) is 18.0 Å². The number of Topliss-reactive ketones (excluding diaryl/α,β-unsaturated/α-hetero) is 1. The van der Waals surface area contributed by atoms with E-state index in [1.165, 1.54) is 25.3 Å². The lowest BCUT2D eigenvalue weighted by atomic mass is 10.00. The Bertz CT molecular complexity index is 856. The van der Waals surface area contributed by atoms with Gasteiger partial charge in [-0.2, -0.15) is 0 Å². The Morgan fingerprint density at radius 2 is 1.81 bits per heavy atom. The van der Waals surface area contributed by atoms with Gasteiger partial charge in [-0.15, -0.1) is 0 Å². The molecule has 0 aromatic heterocycles. The van der Waals surface area contributed by atoms with E-state index in [0.717, 1.165) is 0 Å². The molecule has 5 nitrogen and oxygen atoms in total. The number of ether oxygens (including phenoxy) is 2. The van der Waals surface area contributed by atoms with Crippen LogP contribution in [0.4, 0.5) is 14.9 Å². The van der Waals surface area contributed by atoms with Gasteiger partial charge in [0.2, 0.25) is 0 Å². The largest absolute Gasteiger partial charge is 0.497 e. The lowest BCUT2D eigenvalue weighted by molar-refractivity contribution is 0.0635. The molecule has 27 heavy (non-hydrogen) atoms.